The average molecular weight is 330 g/mol. The SMILES string of the molecule is CC(=O)c1cc2c(cc1NC(=O)COC(=O)c1ccc[nH]1)OCO2. The molecule has 2 aromatic rings. The van der Waals surface area contributed by atoms with Crippen LogP contribution in [0.3, 0.4) is 0 Å². The standard InChI is InChI=1S/C16H14N2O6/c1-9(19)10-5-13-14(24-8-23-13)6-12(10)18-15(20)7-22-16(21)11-3-2-4-17-11/h2-6,17H,7-8H2,1H3,(H,18,20). The third kappa shape index (κ3) is 3.22. The summed E-state index contributed by atoms with van der Waals surface area (Å²) >= 11 is 0. The van der Waals surface area contributed by atoms with E-state index in [1.165, 1.54) is 25.1 Å². The summed E-state index contributed by atoms with van der Waals surface area (Å²) in [4.78, 5) is 38.1. The number of ketones is 1. The van der Waals surface area contributed by atoms with E-state index >= 15 is 0 Å². The van der Waals surface area contributed by atoms with E-state index < -0.39 is 18.5 Å². The number of anilines is 1. The summed E-state index contributed by atoms with van der Waals surface area (Å²) in [5.74, 6) is -0.592. The van der Waals surface area contributed by atoms with Gasteiger partial charge in [-0.15, -0.1) is 0 Å². The molecule has 2 N–H and O–H groups in total. The highest BCUT2D eigenvalue weighted by molar-refractivity contribution is 6.05. The number of Topliss-reactive ketones (excluding diaryl/α,β-unsaturated/α-hetero) is 1. The monoisotopic (exact) mass is 330 g/mol. The van der Waals surface area contributed by atoms with Crippen molar-refractivity contribution in [2.75, 3.05) is 18.7 Å². The van der Waals surface area contributed by atoms with E-state index in [2.05, 4.69) is 10.3 Å². The second-order valence-corrected chi connectivity index (χ2v) is 5.02. The third-order valence-electron chi connectivity index (χ3n) is 3.32. The summed E-state index contributed by atoms with van der Waals surface area (Å²) in [5.41, 5.74) is 0.797. The summed E-state index contributed by atoms with van der Waals surface area (Å²) in [7, 11) is 0. The molecule has 1 aliphatic rings. The quantitative estimate of drug-likeness (QED) is 0.639. The first-order valence-corrected chi connectivity index (χ1v) is 7.09. The number of amides is 1. The Morgan fingerprint density at radius 2 is 2.00 bits per heavy atom. The number of hydrogen-bond acceptors (Lipinski definition) is 6. The second-order valence-electron chi connectivity index (χ2n) is 5.02. The van der Waals surface area contributed by atoms with E-state index in [1.54, 1.807) is 12.3 Å². The Labute approximate surface area is 136 Å². The van der Waals surface area contributed by atoms with Crippen LogP contribution in [0, 0.1) is 0 Å². The first kappa shape index (κ1) is 15.6. The summed E-state index contributed by atoms with van der Waals surface area (Å²) in [6.07, 6.45) is 1.57. The molecule has 0 saturated carbocycles. The van der Waals surface area contributed by atoms with Crippen LogP contribution in [0.5, 0.6) is 11.5 Å². The molecule has 1 amide bonds. The van der Waals surface area contributed by atoms with Gasteiger partial charge in [0.25, 0.3) is 5.91 Å². The van der Waals surface area contributed by atoms with Crippen LogP contribution in [0.25, 0.3) is 0 Å². The third-order valence-corrected chi connectivity index (χ3v) is 3.32. The number of H-pyrrole nitrogens is 1. The number of hydrogen-bond donors (Lipinski definition) is 2. The molecule has 0 fully saturated rings. The van der Waals surface area contributed by atoms with E-state index in [0.29, 0.717) is 11.5 Å². The van der Waals surface area contributed by atoms with Gasteiger partial charge in [0.2, 0.25) is 6.79 Å². The summed E-state index contributed by atoms with van der Waals surface area (Å²) in [6.45, 7) is 0.944. The molecule has 0 bridgehead atoms. The zero-order valence-electron chi connectivity index (χ0n) is 12.8. The smallest absolute Gasteiger partial charge is 0.355 e. The largest absolute Gasteiger partial charge is 0.454 e. The molecule has 0 saturated heterocycles. The molecule has 124 valence electrons. The van der Waals surface area contributed by atoms with Crippen molar-refractivity contribution in [1.82, 2.24) is 4.98 Å². The number of nitrogens with one attached hydrogen (secondary N) is 2. The van der Waals surface area contributed by atoms with Crippen LogP contribution in [0.15, 0.2) is 30.5 Å². The van der Waals surface area contributed by atoms with Crippen LogP contribution in [0.2, 0.25) is 0 Å². The van der Waals surface area contributed by atoms with Crippen molar-refractivity contribution in [3.8, 4) is 11.5 Å². The Hall–Kier alpha value is -3.29. The predicted octanol–water partition coefficient (Wildman–Crippen LogP) is 1.74. The van der Waals surface area contributed by atoms with Crippen LogP contribution >= 0.6 is 0 Å². The first-order chi connectivity index (χ1) is 11.5. The lowest BCUT2D eigenvalue weighted by atomic mass is 10.1. The maximum absolute atomic E-state index is 12.0. The molecule has 3 rings (SSSR count). The van der Waals surface area contributed by atoms with E-state index in [-0.39, 0.29) is 29.5 Å². The summed E-state index contributed by atoms with van der Waals surface area (Å²) in [6, 6.07) is 6.18. The van der Waals surface area contributed by atoms with Gasteiger partial charge < -0.3 is 24.5 Å². The number of ether oxygens (including phenoxy) is 3. The Morgan fingerprint density at radius 3 is 2.67 bits per heavy atom. The van der Waals surface area contributed by atoms with Crippen molar-refractivity contribution in [1.29, 1.82) is 0 Å². The highest BCUT2D eigenvalue weighted by Gasteiger charge is 2.20. The topological polar surface area (TPSA) is 107 Å². The number of benzene rings is 1. The highest BCUT2D eigenvalue weighted by Crippen LogP contribution is 2.37. The Morgan fingerprint density at radius 1 is 1.25 bits per heavy atom. The number of carbonyl (C=O) groups is 3. The molecule has 1 aromatic carbocycles. The number of fused-ring (bicyclic) bond motifs is 1. The fraction of sp³-hybridized carbons (Fsp3) is 0.188. The lowest BCUT2D eigenvalue weighted by Crippen LogP contribution is -2.22. The van der Waals surface area contributed by atoms with Gasteiger partial charge in [0.15, 0.2) is 23.9 Å². The molecule has 1 aromatic heterocycles. The molecule has 0 radical (unpaired) electrons. The van der Waals surface area contributed by atoms with Crippen LogP contribution in [-0.2, 0) is 9.53 Å². The van der Waals surface area contributed by atoms with Crippen molar-refractivity contribution < 1.29 is 28.6 Å². The minimum absolute atomic E-state index is 0.0534. The van der Waals surface area contributed by atoms with Gasteiger partial charge in [-0.3, -0.25) is 9.59 Å². The number of esters is 1. The van der Waals surface area contributed by atoms with Gasteiger partial charge in [0, 0.05) is 17.8 Å². The van der Waals surface area contributed by atoms with Gasteiger partial charge in [-0.2, -0.15) is 0 Å². The lowest BCUT2D eigenvalue weighted by molar-refractivity contribution is -0.119. The molecule has 0 unspecified atom stereocenters. The van der Waals surface area contributed by atoms with Crippen LogP contribution in [0.1, 0.15) is 27.8 Å². The Kier molecular flexibility index (Phi) is 4.19. The number of rotatable bonds is 5. The molecule has 0 aliphatic carbocycles. The van der Waals surface area contributed by atoms with Gasteiger partial charge in [-0.25, -0.2) is 4.79 Å². The molecule has 1 aliphatic heterocycles. The molecule has 24 heavy (non-hydrogen) atoms. The maximum Gasteiger partial charge on any atom is 0.355 e. The van der Waals surface area contributed by atoms with Crippen LogP contribution in [-0.4, -0.2) is 36.0 Å². The predicted molar refractivity (Wildman–Crippen MR) is 82.3 cm³/mol. The molecule has 0 spiro atoms. The minimum Gasteiger partial charge on any atom is -0.454 e. The molecule has 0 atom stereocenters. The molecule has 2 heterocycles. The minimum atomic E-state index is -0.646. The van der Waals surface area contributed by atoms with Crippen molar-refractivity contribution in [3.63, 3.8) is 0 Å². The summed E-state index contributed by atoms with van der Waals surface area (Å²) in [5, 5.41) is 2.54. The van der Waals surface area contributed by atoms with E-state index in [1.807, 2.05) is 0 Å². The fourth-order valence-corrected chi connectivity index (χ4v) is 2.19. The Bertz CT molecular complexity index is 797. The van der Waals surface area contributed by atoms with Gasteiger partial charge in [0.05, 0.1) is 5.69 Å². The van der Waals surface area contributed by atoms with Gasteiger partial charge in [-0.05, 0) is 25.1 Å². The molecular formula is C16H14N2O6. The van der Waals surface area contributed by atoms with E-state index in [9.17, 15) is 14.4 Å². The number of aromatic nitrogens is 1. The van der Waals surface area contributed by atoms with Gasteiger partial charge >= 0.3 is 5.97 Å². The zero-order chi connectivity index (χ0) is 17.1. The van der Waals surface area contributed by atoms with Crippen molar-refractivity contribution in [2.24, 2.45) is 0 Å². The summed E-state index contributed by atoms with van der Waals surface area (Å²) < 4.78 is 15.3. The number of aromatic amines is 1. The van der Waals surface area contributed by atoms with Crippen LogP contribution in [0.4, 0.5) is 5.69 Å². The highest BCUT2D eigenvalue weighted by atomic mass is 16.7. The van der Waals surface area contributed by atoms with Crippen molar-refractivity contribution >= 4 is 23.3 Å². The second kappa shape index (κ2) is 6.45. The van der Waals surface area contributed by atoms with Crippen LogP contribution < -0.4 is 14.8 Å². The molecule has 8 heteroatoms. The van der Waals surface area contributed by atoms with Crippen molar-refractivity contribution in [2.45, 2.75) is 6.92 Å². The fourth-order valence-electron chi connectivity index (χ4n) is 2.19. The average Bonchev–Trinajstić information content (AvgIpc) is 3.22. The maximum atomic E-state index is 12.0. The first-order valence-electron chi connectivity index (χ1n) is 7.09. The zero-order valence-corrected chi connectivity index (χ0v) is 12.8. The molecule has 8 nitrogen and oxygen atoms in total. The van der Waals surface area contributed by atoms with E-state index in [4.69, 9.17) is 14.2 Å². The van der Waals surface area contributed by atoms with E-state index in [0.717, 1.165) is 0 Å². The number of carbonyl (C=O) groups excluding carboxylic acids is 3. The lowest BCUT2D eigenvalue weighted by Gasteiger charge is -2.10. The van der Waals surface area contributed by atoms with Crippen molar-refractivity contribution in [3.05, 3.63) is 41.7 Å². The van der Waals surface area contributed by atoms with Gasteiger partial charge in [0.1, 0.15) is 5.69 Å². The van der Waals surface area contributed by atoms with Gasteiger partial charge in [-0.1, -0.05) is 0 Å². The normalized spacial score (nSPS) is 11.9. The Balaban J connectivity index is 1.68. The molecular weight excluding hydrogens is 316 g/mol.